The van der Waals surface area contributed by atoms with Crippen LogP contribution in [0.4, 0.5) is 34.6 Å². The van der Waals surface area contributed by atoms with Gasteiger partial charge in [0.05, 0.1) is 11.3 Å². The number of hydrogen-bond acceptors (Lipinski definition) is 17. The van der Waals surface area contributed by atoms with Crippen molar-refractivity contribution in [2.45, 2.75) is 140 Å². The predicted molar refractivity (Wildman–Crippen MR) is 340 cm³/mol. The minimum Gasteiger partial charge on any atom is -0.382 e. The summed E-state index contributed by atoms with van der Waals surface area (Å²) in [6.07, 6.45) is 21.0. The van der Waals surface area contributed by atoms with Gasteiger partial charge in [0.25, 0.3) is 11.1 Å². The Balaban J connectivity index is 0.000000158. The first-order chi connectivity index (χ1) is 41.7. The van der Waals surface area contributed by atoms with Gasteiger partial charge in [-0.1, -0.05) is 18.9 Å². The highest BCUT2D eigenvalue weighted by Gasteiger charge is 2.28. The second-order valence-corrected chi connectivity index (χ2v) is 24.5. The molecule has 6 aliphatic rings. The fourth-order valence-corrected chi connectivity index (χ4v) is 13.2. The molecule has 85 heavy (non-hydrogen) atoms. The number of hydrogen-bond donors (Lipinski definition) is 8. The molecule has 2 saturated carbocycles. The molecule has 0 spiro atoms. The zero-order chi connectivity index (χ0) is 57.6. The summed E-state index contributed by atoms with van der Waals surface area (Å²) in [4.78, 5) is 62.0. The summed E-state index contributed by atoms with van der Waals surface area (Å²) in [5.41, 5.74) is 11.1. The lowest BCUT2D eigenvalue weighted by molar-refractivity contribution is 0.445. The van der Waals surface area contributed by atoms with Crippen LogP contribution >= 0.6 is 0 Å². The molecule has 19 nitrogen and oxygen atoms in total. The van der Waals surface area contributed by atoms with Crippen molar-refractivity contribution in [2.75, 3.05) is 73.6 Å². The molecule has 2 unspecified atom stereocenters. The van der Waals surface area contributed by atoms with Gasteiger partial charge in [0.2, 0.25) is 11.9 Å². The van der Waals surface area contributed by atoms with Crippen LogP contribution in [-0.2, 0) is 6.54 Å². The molecule has 19 heteroatoms. The average Bonchev–Trinajstić information content (AvgIpc) is 3.88. The van der Waals surface area contributed by atoms with Crippen LogP contribution in [0.25, 0.3) is 44.5 Å². The van der Waals surface area contributed by atoms with Crippen LogP contribution in [0.3, 0.4) is 0 Å². The van der Waals surface area contributed by atoms with E-state index in [1.807, 2.05) is 78.0 Å². The number of aromatic nitrogens is 9. The number of aryl methyl sites for hydroxylation is 2. The molecule has 8 aromatic rings. The molecule has 14 rings (SSSR count). The van der Waals surface area contributed by atoms with E-state index in [0.717, 1.165) is 191 Å². The quantitative estimate of drug-likeness (QED) is 0.0477. The molecule has 4 aliphatic heterocycles. The molecular formula is C66H81N17O2. The molecule has 0 bridgehead atoms. The lowest BCUT2D eigenvalue weighted by Crippen LogP contribution is -2.38. The van der Waals surface area contributed by atoms with Gasteiger partial charge < -0.3 is 42.5 Å². The Bertz CT molecular complexity index is 3740. The summed E-state index contributed by atoms with van der Waals surface area (Å²) in [6.45, 7) is 12.9. The third-order valence-corrected chi connectivity index (χ3v) is 18.1. The second kappa shape index (κ2) is 25.9. The van der Waals surface area contributed by atoms with Crippen LogP contribution in [0, 0.1) is 19.8 Å². The summed E-state index contributed by atoms with van der Waals surface area (Å²) in [5, 5.41) is 29.4. The van der Waals surface area contributed by atoms with E-state index in [1.165, 1.54) is 19.3 Å². The van der Waals surface area contributed by atoms with E-state index >= 15 is 0 Å². The number of nitrogens with zero attached hydrogens (tertiary/aromatic N) is 9. The molecule has 2 aliphatic carbocycles. The van der Waals surface area contributed by atoms with Crippen LogP contribution < -0.4 is 53.7 Å². The number of nitrogens with one attached hydrogen (secondary N) is 8. The average molecular weight is 1140 g/mol. The summed E-state index contributed by atoms with van der Waals surface area (Å²) in [6, 6.07) is 25.6. The molecule has 10 heterocycles. The first kappa shape index (κ1) is 56.4. The van der Waals surface area contributed by atoms with E-state index in [9.17, 15) is 9.59 Å². The van der Waals surface area contributed by atoms with Gasteiger partial charge >= 0.3 is 0 Å². The standard InChI is InChI=1S/C33H41N9O.C33H40N8O/c1-21-19-36-30(22-10-14-34-15-11-22)40-29(21)28-18-23-20-37-33(41-31(23)42(32(28)43)27-4-2-3-5-27)39-25-8-6-24(7-9-25)38-26-12-16-35-17-13-26;1-21-28(12-13-30(37-21)23-4-2-14-34-17-23)29-16-24-18-36-33(40-31(24)41(32(29)42)20-22-6-7-22)39-26-10-8-25(9-11-26)38-27-5-3-15-35-19-27/h6-9,18-20,22,26-27,34-35,38H,2-5,10-17H2,1H3,(H,37,39,41);8-13,16,18,22-23,27,34-35,38H,2-7,14-15,17,19-20H2,1H3,(H,36,39,40). The highest BCUT2D eigenvalue weighted by atomic mass is 16.1. The number of pyridine rings is 3. The fraction of sp³-hybridized carbons (Fsp3) is 0.470. The van der Waals surface area contributed by atoms with Gasteiger partial charge in [0, 0.05) is 124 Å². The van der Waals surface area contributed by atoms with Gasteiger partial charge in [-0.25, -0.2) is 19.9 Å². The van der Waals surface area contributed by atoms with E-state index in [2.05, 4.69) is 93.9 Å². The molecule has 8 N–H and O–H groups in total. The molecule has 2 atom stereocenters. The van der Waals surface area contributed by atoms with Crippen LogP contribution in [0.15, 0.2) is 101 Å². The molecule has 4 saturated heterocycles. The molecular weight excluding hydrogens is 1060 g/mol. The normalized spacial score (nSPS) is 19.8. The smallest absolute Gasteiger partial charge is 0.261 e. The molecule has 6 aromatic heterocycles. The molecule has 6 fully saturated rings. The minimum absolute atomic E-state index is 0.0105. The van der Waals surface area contributed by atoms with E-state index in [4.69, 9.17) is 19.9 Å². The van der Waals surface area contributed by atoms with Crippen LogP contribution in [-0.4, -0.2) is 108 Å². The Morgan fingerprint density at radius 1 is 0.506 bits per heavy atom. The van der Waals surface area contributed by atoms with Crippen molar-refractivity contribution < 1.29 is 0 Å². The van der Waals surface area contributed by atoms with Gasteiger partial charge in [-0.05, 0) is 208 Å². The van der Waals surface area contributed by atoms with Crippen molar-refractivity contribution in [3.05, 3.63) is 135 Å². The van der Waals surface area contributed by atoms with Crippen molar-refractivity contribution in [1.29, 1.82) is 0 Å². The Morgan fingerprint density at radius 2 is 1.12 bits per heavy atom. The Hall–Kier alpha value is -7.71. The van der Waals surface area contributed by atoms with E-state index in [1.54, 1.807) is 0 Å². The topological polar surface area (TPSA) is 230 Å². The minimum atomic E-state index is -0.0320. The largest absolute Gasteiger partial charge is 0.382 e. The predicted octanol–water partition coefficient (Wildman–Crippen LogP) is 9.99. The third-order valence-electron chi connectivity index (χ3n) is 18.1. The van der Waals surface area contributed by atoms with Gasteiger partial charge in [-0.2, -0.15) is 9.97 Å². The summed E-state index contributed by atoms with van der Waals surface area (Å²) in [5.74, 6) is 3.06. The summed E-state index contributed by atoms with van der Waals surface area (Å²) >= 11 is 0. The van der Waals surface area contributed by atoms with Crippen LogP contribution in [0.5, 0.6) is 0 Å². The number of fused-ring (bicyclic) bond motifs is 2. The van der Waals surface area contributed by atoms with E-state index in [0.29, 0.717) is 70.7 Å². The SMILES string of the molecule is Cc1cnc(C2CCNCC2)nc1-c1cc2cnc(Nc3ccc(NC4CCNCC4)cc3)nc2n(C2CCCC2)c1=O.Cc1nc(C2CCCNC2)ccc1-c1cc2cnc(Nc3ccc(NC4CCCNC4)cc3)nc2n(CC2CC2)c1=O. The summed E-state index contributed by atoms with van der Waals surface area (Å²) in [7, 11) is 0. The van der Waals surface area contributed by atoms with E-state index < -0.39 is 0 Å². The van der Waals surface area contributed by atoms with Crippen molar-refractivity contribution in [3.63, 3.8) is 0 Å². The summed E-state index contributed by atoms with van der Waals surface area (Å²) < 4.78 is 3.78. The number of anilines is 6. The Morgan fingerprint density at radius 3 is 1.75 bits per heavy atom. The van der Waals surface area contributed by atoms with Gasteiger partial charge in [-0.15, -0.1) is 0 Å². The molecule has 0 amide bonds. The van der Waals surface area contributed by atoms with Crippen molar-refractivity contribution in [1.82, 2.24) is 65.3 Å². The van der Waals surface area contributed by atoms with Gasteiger partial charge in [-0.3, -0.25) is 23.7 Å². The first-order valence-electron chi connectivity index (χ1n) is 31.5. The van der Waals surface area contributed by atoms with Crippen molar-refractivity contribution >= 4 is 56.7 Å². The molecule has 0 radical (unpaired) electrons. The maximum absolute atomic E-state index is 14.3. The number of rotatable bonds is 15. The fourth-order valence-electron chi connectivity index (χ4n) is 13.2. The second-order valence-electron chi connectivity index (χ2n) is 24.5. The van der Waals surface area contributed by atoms with Gasteiger partial charge in [0.1, 0.15) is 17.1 Å². The molecule has 2 aromatic carbocycles. The van der Waals surface area contributed by atoms with Crippen molar-refractivity contribution in [2.24, 2.45) is 5.92 Å². The Kier molecular flexibility index (Phi) is 17.2. The number of benzene rings is 2. The molecule has 442 valence electrons. The number of piperidine rings is 4. The highest BCUT2D eigenvalue weighted by Crippen LogP contribution is 2.35. The first-order valence-corrected chi connectivity index (χ1v) is 31.5. The lowest BCUT2D eigenvalue weighted by atomic mass is 9.94. The zero-order valence-corrected chi connectivity index (χ0v) is 49.2. The van der Waals surface area contributed by atoms with Crippen molar-refractivity contribution in [3.8, 4) is 22.4 Å². The monoisotopic (exact) mass is 1140 g/mol. The lowest BCUT2D eigenvalue weighted by Gasteiger charge is -2.24. The maximum atomic E-state index is 14.3. The zero-order valence-electron chi connectivity index (χ0n) is 49.2. The van der Waals surface area contributed by atoms with E-state index in [-0.39, 0.29) is 17.2 Å². The Labute approximate surface area is 496 Å². The third kappa shape index (κ3) is 13.2. The van der Waals surface area contributed by atoms with Crippen LogP contribution in [0.2, 0.25) is 0 Å². The maximum Gasteiger partial charge on any atom is 0.261 e. The highest BCUT2D eigenvalue weighted by molar-refractivity contribution is 5.83. The van der Waals surface area contributed by atoms with Gasteiger partial charge in [0.15, 0.2) is 0 Å². The van der Waals surface area contributed by atoms with Crippen LogP contribution in [0.1, 0.15) is 131 Å².